The first-order valence-electron chi connectivity index (χ1n) is 12.5. The summed E-state index contributed by atoms with van der Waals surface area (Å²) >= 11 is 0. The summed E-state index contributed by atoms with van der Waals surface area (Å²) in [5, 5.41) is 8.05. The molecule has 1 heterocycles. The van der Waals surface area contributed by atoms with Crippen molar-refractivity contribution in [1.29, 1.82) is 0 Å². The fraction of sp³-hybridized carbons (Fsp3) is 0.300. The molecule has 2 amide bonds. The molecule has 4 rings (SSSR count). The Balaban J connectivity index is 1.62. The minimum Gasteiger partial charge on any atom is -0.340 e. The topological polar surface area (TPSA) is 78.5 Å². The monoisotopic (exact) mass is 483 g/mol. The number of Topliss-reactive ketones (excluding diaryl/α,β-unsaturated/α-hetero) is 1. The van der Waals surface area contributed by atoms with Gasteiger partial charge in [-0.3, -0.25) is 14.4 Å². The second-order valence-corrected chi connectivity index (χ2v) is 9.44. The second kappa shape index (κ2) is 12.0. The summed E-state index contributed by atoms with van der Waals surface area (Å²) in [6.07, 6.45) is 1.63. The van der Waals surface area contributed by atoms with Crippen molar-refractivity contribution in [1.82, 2.24) is 15.5 Å². The second-order valence-electron chi connectivity index (χ2n) is 9.44. The Morgan fingerprint density at radius 1 is 1.00 bits per heavy atom. The quantitative estimate of drug-likeness (QED) is 0.508. The molecule has 36 heavy (non-hydrogen) atoms. The van der Waals surface area contributed by atoms with E-state index in [2.05, 4.69) is 24.5 Å². The molecule has 0 spiro atoms. The molecule has 6 heteroatoms. The van der Waals surface area contributed by atoms with E-state index in [1.54, 1.807) is 11.0 Å². The Hall–Kier alpha value is -3.51. The number of amides is 2. The zero-order valence-corrected chi connectivity index (χ0v) is 20.5. The molecule has 3 aromatic rings. The molecule has 186 valence electrons. The Labute approximate surface area is 213 Å². The van der Waals surface area contributed by atoms with Gasteiger partial charge in [-0.05, 0) is 60.2 Å². The molecule has 2 N–H and O–H groups in total. The molecule has 1 unspecified atom stereocenters. The van der Waals surface area contributed by atoms with Gasteiger partial charge in [-0.2, -0.15) is 0 Å². The smallest absolute Gasteiger partial charge is 0.251 e. The van der Waals surface area contributed by atoms with Gasteiger partial charge in [0.15, 0.2) is 5.78 Å². The van der Waals surface area contributed by atoms with Crippen molar-refractivity contribution in [2.75, 3.05) is 13.1 Å². The fourth-order valence-corrected chi connectivity index (χ4v) is 4.69. The van der Waals surface area contributed by atoms with Crippen molar-refractivity contribution in [3.05, 3.63) is 97.8 Å². The maximum absolute atomic E-state index is 14.0. The third-order valence-electron chi connectivity index (χ3n) is 6.54. The first kappa shape index (κ1) is 25.6. The van der Waals surface area contributed by atoms with Crippen LogP contribution < -0.4 is 10.6 Å². The Bertz CT molecular complexity index is 1210. The zero-order valence-electron chi connectivity index (χ0n) is 20.5. The van der Waals surface area contributed by atoms with Crippen LogP contribution in [0, 0.1) is 19.8 Å². The number of fused-ring (bicyclic) bond motifs is 1. The van der Waals surface area contributed by atoms with Crippen LogP contribution in [0.4, 0.5) is 0 Å². The number of nitrogens with zero attached hydrogens (tertiary/aromatic N) is 1. The largest absolute Gasteiger partial charge is 0.340 e. The molecule has 0 saturated carbocycles. The minimum atomic E-state index is -0.850. The van der Waals surface area contributed by atoms with Crippen LogP contribution in [0.15, 0.2) is 72.8 Å². The normalized spacial score (nSPS) is 17.0. The summed E-state index contributed by atoms with van der Waals surface area (Å²) in [7, 11) is 0. The van der Waals surface area contributed by atoms with Crippen molar-refractivity contribution in [2.45, 2.75) is 37.9 Å². The third-order valence-corrected chi connectivity index (χ3v) is 6.54. The number of ketones is 1. The van der Waals surface area contributed by atoms with Gasteiger partial charge >= 0.3 is 0 Å². The lowest BCUT2D eigenvalue weighted by molar-refractivity contribution is -0.142. The molecule has 2 atom stereocenters. The Morgan fingerprint density at radius 2 is 1.72 bits per heavy atom. The van der Waals surface area contributed by atoms with E-state index in [1.165, 1.54) is 0 Å². The van der Waals surface area contributed by atoms with Gasteiger partial charge in [0.25, 0.3) is 5.91 Å². The number of hydrogen-bond acceptors (Lipinski definition) is 4. The molecular weight excluding hydrogens is 450 g/mol. The molecule has 0 aliphatic carbocycles. The van der Waals surface area contributed by atoms with Crippen LogP contribution in [0.1, 0.15) is 35.2 Å². The minimum absolute atomic E-state index is 0.0165. The summed E-state index contributed by atoms with van der Waals surface area (Å²) in [5.74, 6) is -0.961. The van der Waals surface area contributed by atoms with Crippen LogP contribution in [0.3, 0.4) is 0 Å². The molecule has 6 nitrogen and oxygen atoms in total. The molecule has 0 bridgehead atoms. The number of carbonyl (C=O) groups excluding carboxylic acids is 3. The number of hydrogen-bond donors (Lipinski definition) is 2. The van der Waals surface area contributed by atoms with E-state index >= 15 is 0 Å². The fourth-order valence-electron chi connectivity index (χ4n) is 4.69. The predicted octanol–water partition coefficient (Wildman–Crippen LogP) is 3.96. The summed E-state index contributed by atoms with van der Waals surface area (Å²) < 4.78 is 0. The van der Waals surface area contributed by atoms with E-state index in [0.29, 0.717) is 12.0 Å². The molecular formula is C30H33N3O3. The van der Waals surface area contributed by atoms with Crippen LogP contribution in [-0.2, 0) is 16.1 Å². The molecule has 2 radical (unpaired) electrons. The summed E-state index contributed by atoms with van der Waals surface area (Å²) in [4.78, 5) is 41.9. The van der Waals surface area contributed by atoms with Gasteiger partial charge < -0.3 is 15.5 Å². The molecule has 0 aromatic heterocycles. The first-order chi connectivity index (χ1) is 17.4. The third kappa shape index (κ3) is 6.38. The average molecular weight is 484 g/mol. The Morgan fingerprint density at radius 3 is 2.47 bits per heavy atom. The highest BCUT2D eigenvalue weighted by atomic mass is 16.2. The Kier molecular flexibility index (Phi) is 8.49. The first-order valence-corrected chi connectivity index (χ1v) is 12.5. The summed E-state index contributed by atoms with van der Waals surface area (Å²) in [6.45, 7) is 9.16. The van der Waals surface area contributed by atoms with Gasteiger partial charge in [0.1, 0.15) is 6.04 Å². The number of carbonyl (C=O) groups is 3. The van der Waals surface area contributed by atoms with Crippen LogP contribution in [0.25, 0.3) is 10.8 Å². The number of nitrogens with one attached hydrogen (secondary N) is 2. The molecule has 3 aromatic carbocycles. The lowest BCUT2D eigenvalue weighted by Crippen LogP contribution is -2.54. The van der Waals surface area contributed by atoms with Crippen molar-refractivity contribution >= 4 is 28.4 Å². The van der Waals surface area contributed by atoms with E-state index in [0.717, 1.165) is 29.3 Å². The van der Waals surface area contributed by atoms with Gasteiger partial charge in [-0.25, -0.2) is 0 Å². The highest BCUT2D eigenvalue weighted by Crippen LogP contribution is 2.20. The van der Waals surface area contributed by atoms with Gasteiger partial charge in [0.05, 0.1) is 12.6 Å². The van der Waals surface area contributed by atoms with Crippen LogP contribution in [-0.4, -0.2) is 47.7 Å². The lowest BCUT2D eigenvalue weighted by Gasteiger charge is -2.34. The number of rotatable bonds is 8. The van der Waals surface area contributed by atoms with Crippen LogP contribution >= 0.6 is 0 Å². The summed E-state index contributed by atoms with van der Waals surface area (Å²) in [6, 6.07) is 21.5. The summed E-state index contributed by atoms with van der Waals surface area (Å²) in [5.41, 5.74) is 1.40. The SMILES string of the molecule is [CH2]C([CH2])CC(NC(=O)c1ccc2ccccc2c1)C(=O)N(Cc1ccccc1)[C@H]1CCCNCC1=O. The molecule has 1 aliphatic heterocycles. The highest BCUT2D eigenvalue weighted by molar-refractivity contribution is 6.01. The van der Waals surface area contributed by atoms with E-state index < -0.39 is 12.1 Å². The maximum atomic E-state index is 14.0. The molecule has 1 fully saturated rings. The van der Waals surface area contributed by atoms with Gasteiger partial charge in [0, 0.05) is 12.1 Å². The molecule has 1 saturated heterocycles. The van der Waals surface area contributed by atoms with Crippen molar-refractivity contribution in [2.24, 2.45) is 5.92 Å². The van der Waals surface area contributed by atoms with Gasteiger partial charge in [-0.1, -0.05) is 74.5 Å². The van der Waals surface area contributed by atoms with Crippen LogP contribution in [0.5, 0.6) is 0 Å². The van der Waals surface area contributed by atoms with E-state index in [9.17, 15) is 14.4 Å². The van der Waals surface area contributed by atoms with Gasteiger partial charge in [0.2, 0.25) is 5.91 Å². The predicted molar refractivity (Wildman–Crippen MR) is 142 cm³/mol. The zero-order chi connectivity index (χ0) is 25.5. The van der Waals surface area contributed by atoms with Crippen LogP contribution in [0.2, 0.25) is 0 Å². The molecule has 1 aliphatic rings. The van der Waals surface area contributed by atoms with E-state index in [1.807, 2.05) is 66.7 Å². The van der Waals surface area contributed by atoms with E-state index in [-0.39, 0.29) is 43.0 Å². The van der Waals surface area contributed by atoms with Gasteiger partial charge in [-0.15, -0.1) is 0 Å². The van der Waals surface area contributed by atoms with Crippen molar-refractivity contribution in [3.63, 3.8) is 0 Å². The lowest BCUT2D eigenvalue weighted by atomic mass is 9.98. The maximum Gasteiger partial charge on any atom is 0.251 e. The average Bonchev–Trinajstić information content (AvgIpc) is 3.10. The highest BCUT2D eigenvalue weighted by Gasteiger charge is 2.35. The van der Waals surface area contributed by atoms with Crippen molar-refractivity contribution in [3.8, 4) is 0 Å². The van der Waals surface area contributed by atoms with Crippen molar-refractivity contribution < 1.29 is 14.4 Å². The van der Waals surface area contributed by atoms with E-state index in [4.69, 9.17) is 0 Å². The standard InChI is InChI=1S/C30H33N3O3/c1-21(2)17-26(32-29(35)25-15-14-23-11-6-7-12-24(23)18-25)30(36)33(20-22-9-4-3-5-10-22)27-13-8-16-31-19-28(27)34/h3-7,9-12,14-15,18,21,26-27,31H,1-2,8,13,16-17,19-20H2,(H,32,35)/t26?,27-/m0/s1. The number of benzene rings is 3.